The molecule has 0 aliphatic carbocycles. The molecule has 5 N–H and O–H groups in total. The standard InChI is InChI=1S/C23H30N4O3S/c1-16(2)11-23(27(3)25)31(28,29)26-14-18-9-10-22-20(13-18)19(21(24)15-30-22)12-17-7-5-4-6-8-17/h4-11,13,19,21,26H,1,12,14-15,24-25H2,2-3H3/b23-11+. The number of fused-ring (bicyclic) bond motifs is 1. The number of allylic oxidation sites excluding steroid dienone is 2. The number of hydrogen-bond acceptors (Lipinski definition) is 6. The average molecular weight is 443 g/mol. The molecule has 0 fully saturated rings. The van der Waals surface area contributed by atoms with Crippen LogP contribution >= 0.6 is 0 Å². The lowest BCUT2D eigenvalue weighted by Gasteiger charge is -2.32. The van der Waals surface area contributed by atoms with E-state index in [1.54, 1.807) is 6.92 Å². The van der Waals surface area contributed by atoms with Crippen LogP contribution in [0.4, 0.5) is 0 Å². The fourth-order valence-electron chi connectivity index (χ4n) is 3.62. The Labute approximate surface area is 184 Å². The van der Waals surface area contributed by atoms with Crippen molar-refractivity contribution in [3.8, 4) is 5.75 Å². The number of sulfonamides is 1. The highest BCUT2D eigenvalue weighted by Gasteiger charge is 2.29. The zero-order valence-electron chi connectivity index (χ0n) is 17.9. The predicted molar refractivity (Wildman–Crippen MR) is 123 cm³/mol. The van der Waals surface area contributed by atoms with Crippen molar-refractivity contribution < 1.29 is 13.2 Å². The minimum Gasteiger partial charge on any atom is -0.492 e. The van der Waals surface area contributed by atoms with Gasteiger partial charge in [0.15, 0.2) is 5.03 Å². The van der Waals surface area contributed by atoms with E-state index < -0.39 is 10.0 Å². The van der Waals surface area contributed by atoms with Crippen LogP contribution in [0.1, 0.15) is 29.5 Å². The van der Waals surface area contributed by atoms with Gasteiger partial charge in [-0.25, -0.2) is 19.0 Å². The van der Waals surface area contributed by atoms with Crippen LogP contribution in [-0.2, 0) is 23.0 Å². The van der Waals surface area contributed by atoms with Crippen LogP contribution in [0.25, 0.3) is 0 Å². The maximum absolute atomic E-state index is 12.7. The second-order valence-corrected chi connectivity index (χ2v) is 9.62. The third-order valence-electron chi connectivity index (χ3n) is 5.18. The van der Waals surface area contributed by atoms with E-state index in [9.17, 15) is 8.42 Å². The summed E-state index contributed by atoms with van der Waals surface area (Å²) in [5.41, 5.74) is 9.97. The van der Waals surface area contributed by atoms with Gasteiger partial charge in [-0.2, -0.15) is 0 Å². The number of rotatable bonds is 8. The van der Waals surface area contributed by atoms with Crippen molar-refractivity contribution in [3.05, 3.63) is 88.5 Å². The van der Waals surface area contributed by atoms with Gasteiger partial charge in [-0.15, -0.1) is 0 Å². The van der Waals surface area contributed by atoms with Gasteiger partial charge in [-0.1, -0.05) is 54.6 Å². The number of nitrogens with zero attached hydrogens (tertiary/aromatic N) is 1. The Bertz CT molecular complexity index is 1070. The van der Waals surface area contributed by atoms with Crippen molar-refractivity contribution in [2.24, 2.45) is 11.6 Å². The summed E-state index contributed by atoms with van der Waals surface area (Å²) in [5.74, 6) is 6.58. The largest absolute Gasteiger partial charge is 0.492 e. The SMILES string of the molecule is C=C(C)/C=C(\N(C)N)S(=O)(=O)NCc1ccc2c(c1)C(Cc1ccccc1)C(N)CO2. The molecule has 7 nitrogen and oxygen atoms in total. The van der Waals surface area contributed by atoms with Crippen LogP contribution in [-0.4, -0.2) is 33.1 Å². The molecule has 0 amide bonds. The number of ether oxygens (including phenoxy) is 1. The van der Waals surface area contributed by atoms with E-state index in [-0.39, 0.29) is 23.5 Å². The molecule has 2 aromatic rings. The molecule has 8 heteroatoms. The molecule has 31 heavy (non-hydrogen) atoms. The number of nitrogens with one attached hydrogen (secondary N) is 1. The van der Waals surface area contributed by atoms with Gasteiger partial charge in [0.1, 0.15) is 12.4 Å². The van der Waals surface area contributed by atoms with Crippen molar-refractivity contribution in [1.82, 2.24) is 9.73 Å². The topological polar surface area (TPSA) is 111 Å². The van der Waals surface area contributed by atoms with Crippen LogP contribution in [0, 0.1) is 0 Å². The van der Waals surface area contributed by atoms with Gasteiger partial charge in [0.25, 0.3) is 10.0 Å². The zero-order chi connectivity index (χ0) is 22.6. The third kappa shape index (κ3) is 5.74. The molecule has 166 valence electrons. The molecule has 1 heterocycles. The molecule has 0 aromatic heterocycles. The molecule has 0 spiro atoms. The van der Waals surface area contributed by atoms with Gasteiger partial charge in [0, 0.05) is 25.6 Å². The first-order chi connectivity index (χ1) is 14.7. The van der Waals surface area contributed by atoms with E-state index in [1.807, 2.05) is 36.4 Å². The van der Waals surface area contributed by atoms with Gasteiger partial charge in [0.2, 0.25) is 0 Å². The first-order valence-corrected chi connectivity index (χ1v) is 11.6. The second-order valence-electron chi connectivity index (χ2n) is 7.91. The number of benzene rings is 2. The molecule has 1 aliphatic heterocycles. The molecule has 2 unspecified atom stereocenters. The minimum atomic E-state index is -3.81. The molecule has 3 rings (SSSR count). The zero-order valence-corrected chi connectivity index (χ0v) is 18.7. The molecule has 0 bridgehead atoms. The Morgan fingerprint density at radius 3 is 2.61 bits per heavy atom. The lowest BCUT2D eigenvalue weighted by atomic mass is 9.84. The average Bonchev–Trinajstić information content (AvgIpc) is 2.73. The summed E-state index contributed by atoms with van der Waals surface area (Å²) >= 11 is 0. The van der Waals surface area contributed by atoms with E-state index >= 15 is 0 Å². The smallest absolute Gasteiger partial charge is 0.257 e. The Hall–Kier alpha value is -2.65. The maximum atomic E-state index is 12.7. The predicted octanol–water partition coefficient (Wildman–Crippen LogP) is 2.38. The molecule has 0 radical (unpaired) electrons. The van der Waals surface area contributed by atoms with Crippen LogP contribution in [0.2, 0.25) is 0 Å². The number of nitrogens with two attached hydrogens (primary N) is 2. The monoisotopic (exact) mass is 442 g/mol. The molecule has 0 saturated carbocycles. The van der Waals surface area contributed by atoms with Crippen molar-refractivity contribution in [2.75, 3.05) is 13.7 Å². The summed E-state index contributed by atoms with van der Waals surface area (Å²) in [6.45, 7) is 6.01. The molecule has 1 aliphatic rings. The second kappa shape index (κ2) is 9.65. The summed E-state index contributed by atoms with van der Waals surface area (Å²) in [4.78, 5) is 0. The van der Waals surface area contributed by atoms with Crippen LogP contribution in [0.15, 0.2) is 71.8 Å². The van der Waals surface area contributed by atoms with E-state index in [0.717, 1.165) is 28.3 Å². The normalized spacial score (nSPS) is 18.8. The Morgan fingerprint density at radius 1 is 1.26 bits per heavy atom. The third-order valence-corrected chi connectivity index (χ3v) is 6.66. The van der Waals surface area contributed by atoms with Gasteiger partial charge in [-0.05, 0) is 42.2 Å². The Balaban J connectivity index is 1.82. The quantitative estimate of drug-likeness (QED) is 0.329. The van der Waals surface area contributed by atoms with Gasteiger partial charge >= 0.3 is 0 Å². The molecule has 0 saturated heterocycles. The van der Waals surface area contributed by atoms with Crippen LogP contribution in [0.3, 0.4) is 0 Å². The highest BCUT2D eigenvalue weighted by Crippen LogP contribution is 2.36. The molecular formula is C23H30N4O3S. The van der Waals surface area contributed by atoms with E-state index in [1.165, 1.54) is 18.7 Å². The van der Waals surface area contributed by atoms with Gasteiger partial charge in [-0.3, -0.25) is 0 Å². The summed E-state index contributed by atoms with van der Waals surface area (Å²) in [7, 11) is -2.34. The summed E-state index contributed by atoms with van der Waals surface area (Å²) in [6.07, 6.45) is 2.22. The first-order valence-electron chi connectivity index (χ1n) is 10.1. The van der Waals surface area contributed by atoms with E-state index in [4.69, 9.17) is 16.3 Å². The summed E-state index contributed by atoms with van der Waals surface area (Å²) in [5, 5.41) is 1.01. The minimum absolute atomic E-state index is 0.0507. The van der Waals surface area contributed by atoms with Crippen molar-refractivity contribution in [2.45, 2.75) is 31.8 Å². The van der Waals surface area contributed by atoms with Crippen molar-refractivity contribution in [3.63, 3.8) is 0 Å². The summed E-state index contributed by atoms with van der Waals surface area (Å²) < 4.78 is 33.9. The van der Waals surface area contributed by atoms with Crippen LogP contribution in [0.5, 0.6) is 5.75 Å². The van der Waals surface area contributed by atoms with E-state index in [2.05, 4.69) is 23.4 Å². The highest BCUT2D eigenvalue weighted by atomic mass is 32.2. The highest BCUT2D eigenvalue weighted by molar-refractivity contribution is 7.93. The van der Waals surface area contributed by atoms with E-state index in [0.29, 0.717) is 12.2 Å². The van der Waals surface area contributed by atoms with Crippen LogP contribution < -0.4 is 21.0 Å². The lowest BCUT2D eigenvalue weighted by molar-refractivity contribution is 0.238. The fraction of sp³-hybridized carbons (Fsp3) is 0.304. The van der Waals surface area contributed by atoms with Gasteiger partial charge < -0.3 is 15.5 Å². The Morgan fingerprint density at radius 2 is 1.97 bits per heavy atom. The van der Waals surface area contributed by atoms with Gasteiger partial charge in [0.05, 0.1) is 0 Å². The maximum Gasteiger partial charge on any atom is 0.257 e. The molecule has 2 atom stereocenters. The number of hydrogen-bond donors (Lipinski definition) is 3. The lowest BCUT2D eigenvalue weighted by Crippen LogP contribution is -2.39. The van der Waals surface area contributed by atoms with Crippen molar-refractivity contribution in [1.29, 1.82) is 0 Å². The Kier molecular flexibility index (Phi) is 7.17. The fourth-order valence-corrected chi connectivity index (χ4v) is 4.86. The number of hydrazine groups is 1. The summed E-state index contributed by atoms with van der Waals surface area (Å²) in [6, 6.07) is 15.7. The molecule has 2 aromatic carbocycles. The van der Waals surface area contributed by atoms with Crippen molar-refractivity contribution >= 4 is 10.0 Å². The first kappa shape index (κ1) is 23.0. The molecular weight excluding hydrogens is 412 g/mol.